The van der Waals surface area contributed by atoms with Crippen LogP contribution in [0.1, 0.15) is 19.3 Å². The molecular weight excluding hydrogens is 176 g/mol. The first-order valence-corrected chi connectivity index (χ1v) is 4.76. The Kier molecular flexibility index (Phi) is 4.86. The van der Waals surface area contributed by atoms with Crippen LogP contribution in [0.2, 0.25) is 0 Å². The monoisotopic (exact) mass is 190 g/mol. The molecular formula is C12H14O2. The Bertz CT molecular complexity index is 320. The summed E-state index contributed by atoms with van der Waals surface area (Å²) in [7, 11) is 0. The third kappa shape index (κ3) is 3.26. The average Bonchev–Trinajstić information content (AvgIpc) is 2.63. The number of hydrogen-bond donors (Lipinski definition) is 2. The summed E-state index contributed by atoms with van der Waals surface area (Å²) in [6.07, 6.45) is 5.07. The van der Waals surface area contributed by atoms with E-state index in [0.29, 0.717) is 0 Å². The fourth-order valence-corrected chi connectivity index (χ4v) is 1.57. The second kappa shape index (κ2) is 6.27. The molecule has 1 fully saturated rings. The number of rotatable bonds is 0. The lowest BCUT2D eigenvalue weighted by Crippen LogP contribution is -1.92. The van der Waals surface area contributed by atoms with Crippen molar-refractivity contribution >= 4 is 0 Å². The maximum atomic E-state index is 8.57. The van der Waals surface area contributed by atoms with Crippen LogP contribution in [0.5, 0.6) is 0 Å². The largest absolute Gasteiger partial charge is 0.384 e. The van der Waals surface area contributed by atoms with E-state index in [4.69, 9.17) is 10.2 Å². The van der Waals surface area contributed by atoms with Gasteiger partial charge >= 0.3 is 0 Å². The second-order valence-corrected chi connectivity index (χ2v) is 3.12. The smallest absolute Gasteiger partial charge is 0.104 e. The molecule has 1 rings (SSSR count). The molecule has 0 aromatic heterocycles. The van der Waals surface area contributed by atoms with E-state index in [1.165, 1.54) is 5.57 Å². The fourth-order valence-electron chi connectivity index (χ4n) is 1.57. The van der Waals surface area contributed by atoms with Crippen molar-refractivity contribution in [1.82, 2.24) is 0 Å². The van der Waals surface area contributed by atoms with Crippen molar-refractivity contribution in [2.75, 3.05) is 13.2 Å². The first kappa shape index (κ1) is 10.9. The molecule has 14 heavy (non-hydrogen) atoms. The topological polar surface area (TPSA) is 40.5 Å². The van der Waals surface area contributed by atoms with Crippen molar-refractivity contribution in [2.24, 2.45) is 5.92 Å². The molecule has 2 nitrogen and oxygen atoms in total. The summed E-state index contributed by atoms with van der Waals surface area (Å²) in [6.45, 7) is -0.178. The summed E-state index contributed by atoms with van der Waals surface area (Å²) in [4.78, 5) is 0. The number of aliphatic hydroxyl groups excluding tert-OH is 2. The molecule has 1 saturated carbocycles. The highest BCUT2D eigenvalue weighted by molar-refractivity contribution is 5.30. The number of aliphatic hydroxyl groups is 2. The second-order valence-electron chi connectivity index (χ2n) is 3.12. The summed E-state index contributed by atoms with van der Waals surface area (Å²) in [5, 5.41) is 17.1. The Hall–Kier alpha value is -1.22. The highest BCUT2D eigenvalue weighted by Gasteiger charge is 2.17. The van der Waals surface area contributed by atoms with E-state index in [0.717, 1.165) is 19.3 Å². The van der Waals surface area contributed by atoms with E-state index in [1.807, 2.05) is 6.08 Å². The van der Waals surface area contributed by atoms with Gasteiger partial charge in [-0.05, 0) is 30.9 Å². The molecule has 0 aromatic carbocycles. The van der Waals surface area contributed by atoms with Crippen molar-refractivity contribution in [2.45, 2.75) is 19.3 Å². The zero-order chi connectivity index (χ0) is 10.2. The lowest BCUT2D eigenvalue weighted by Gasteiger charge is -2.00. The van der Waals surface area contributed by atoms with Crippen LogP contribution in [0.25, 0.3) is 0 Å². The highest BCUT2D eigenvalue weighted by Crippen LogP contribution is 2.29. The van der Waals surface area contributed by atoms with Crippen LogP contribution < -0.4 is 0 Å². The number of hydrogen-bond acceptors (Lipinski definition) is 2. The van der Waals surface area contributed by atoms with E-state index in [1.54, 1.807) is 0 Å². The quantitative estimate of drug-likeness (QED) is 0.552. The molecule has 1 aliphatic rings. The van der Waals surface area contributed by atoms with Crippen molar-refractivity contribution in [3.05, 3.63) is 11.6 Å². The van der Waals surface area contributed by atoms with Crippen molar-refractivity contribution < 1.29 is 10.2 Å². The SMILES string of the molecule is OCC#CC=C1CCCC1C#CCO. The van der Waals surface area contributed by atoms with Gasteiger partial charge in [0.2, 0.25) is 0 Å². The summed E-state index contributed by atoms with van der Waals surface area (Å²) < 4.78 is 0. The van der Waals surface area contributed by atoms with Gasteiger partial charge in [-0.15, -0.1) is 0 Å². The van der Waals surface area contributed by atoms with Crippen molar-refractivity contribution in [3.8, 4) is 23.7 Å². The fraction of sp³-hybridized carbons (Fsp3) is 0.500. The molecule has 0 bridgehead atoms. The molecule has 0 radical (unpaired) electrons. The predicted octanol–water partition coefficient (Wildman–Crippen LogP) is 0.704. The molecule has 74 valence electrons. The Morgan fingerprint density at radius 2 is 2.07 bits per heavy atom. The van der Waals surface area contributed by atoms with E-state index >= 15 is 0 Å². The van der Waals surface area contributed by atoms with Gasteiger partial charge in [-0.2, -0.15) is 0 Å². The Labute approximate surface area is 84.6 Å². The van der Waals surface area contributed by atoms with Crippen molar-refractivity contribution in [1.29, 1.82) is 0 Å². The van der Waals surface area contributed by atoms with Gasteiger partial charge in [0.1, 0.15) is 13.2 Å². The summed E-state index contributed by atoms with van der Waals surface area (Å²) in [5.74, 6) is 11.3. The normalized spacial score (nSPS) is 22.4. The molecule has 2 N–H and O–H groups in total. The third-order valence-corrected chi connectivity index (χ3v) is 2.20. The Morgan fingerprint density at radius 1 is 1.29 bits per heavy atom. The van der Waals surface area contributed by atoms with Gasteiger partial charge in [0.15, 0.2) is 0 Å². The molecule has 0 heterocycles. The first-order valence-electron chi connectivity index (χ1n) is 4.76. The van der Waals surface area contributed by atoms with E-state index < -0.39 is 0 Å². The van der Waals surface area contributed by atoms with Gasteiger partial charge in [-0.25, -0.2) is 0 Å². The molecule has 0 aliphatic heterocycles. The van der Waals surface area contributed by atoms with Gasteiger partial charge in [0, 0.05) is 5.92 Å². The molecule has 0 amide bonds. The highest BCUT2D eigenvalue weighted by atomic mass is 16.3. The molecule has 1 aliphatic carbocycles. The lowest BCUT2D eigenvalue weighted by atomic mass is 10.0. The van der Waals surface area contributed by atoms with Crippen molar-refractivity contribution in [3.63, 3.8) is 0 Å². The van der Waals surface area contributed by atoms with E-state index in [2.05, 4.69) is 23.7 Å². The van der Waals surface area contributed by atoms with Gasteiger partial charge in [-0.3, -0.25) is 0 Å². The van der Waals surface area contributed by atoms with Crippen LogP contribution >= 0.6 is 0 Å². The van der Waals surface area contributed by atoms with Crippen LogP contribution in [0, 0.1) is 29.6 Å². The predicted molar refractivity (Wildman–Crippen MR) is 55.1 cm³/mol. The maximum Gasteiger partial charge on any atom is 0.104 e. The third-order valence-electron chi connectivity index (χ3n) is 2.20. The van der Waals surface area contributed by atoms with Crippen LogP contribution in [0.15, 0.2) is 11.6 Å². The van der Waals surface area contributed by atoms with Gasteiger partial charge in [-0.1, -0.05) is 23.7 Å². The Morgan fingerprint density at radius 3 is 2.79 bits per heavy atom. The van der Waals surface area contributed by atoms with Crippen LogP contribution in [-0.2, 0) is 0 Å². The lowest BCUT2D eigenvalue weighted by molar-refractivity contribution is 0.350. The average molecular weight is 190 g/mol. The van der Waals surface area contributed by atoms with Gasteiger partial charge in [0.05, 0.1) is 0 Å². The summed E-state index contributed by atoms with van der Waals surface area (Å²) in [5.41, 5.74) is 1.23. The zero-order valence-electron chi connectivity index (χ0n) is 8.08. The van der Waals surface area contributed by atoms with Crippen LogP contribution in [0.4, 0.5) is 0 Å². The van der Waals surface area contributed by atoms with Crippen LogP contribution in [-0.4, -0.2) is 23.4 Å². The van der Waals surface area contributed by atoms with E-state index in [-0.39, 0.29) is 19.1 Å². The minimum absolute atomic E-state index is 0.0773. The zero-order valence-corrected chi connectivity index (χ0v) is 8.08. The minimum atomic E-state index is -0.100. The number of allylic oxidation sites excluding steroid dienone is 2. The molecule has 1 unspecified atom stereocenters. The minimum Gasteiger partial charge on any atom is -0.384 e. The summed E-state index contributed by atoms with van der Waals surface area (Å²) >= 11 is 0. The first-order chi connectivity index (χ1) is 6.88. The molecule has 2 heteroatoms. The van der Waals surface area contributed by atoms with E-state index in [9.17, 15) is 0 Å². The molecule has 1 atom stereocenters. The summed E-state index contributed by atoms with van der Waals surface area (Å²) in [6, 6.07) is 0. The van der Waals surface area contributed by atoms with Gasteiger partial charge < -0.3 is 10.2 Å². The van der Waals surface area contributed by atoms with Crippen LogP contribution in [0.3, 0.4) is 0 Å². The van der Waals surface area contributed by atoms with Gasteiger partial charge in [0.25, 0.3) is 0 Å². The molecule has 0 aromatic rings. The Balaban J connectivity index is 2.63. The molecule has 0 spiro atoms. The molecule has 0 saturated heterocycles. The maximum absolute atomic E-state index is 8.57. The standard InChI is InChI=1S/C12H14O2/c13-9-2-1-5-11-6-3-7-12(11)8-4-10-14/h5,12-14H,3,6-7,9-10H2.